The third-order valence-corrected chi connectivity index (χ3v) is 2.31. The zero-order chi connectivity index (χ0) is 9.84. The van der Waals surface area contributed by atoms with E-state index < -0.39 is 0 Å². The molecule has 1 atom stereocenters. The van der Waals surface area contributed by atoms with Gasteiger partial charge in [0.1, 0.15) is 0 Å². The van der Waals surface area contributed by atoms with E-state index in [0.29, 0.717) is 5.92 Å². The van der Waals surface area contributed by atoms with Gasteiger partial charge in [-0.3, -0.25) is 4.98 Å². The van der Waals surface area contributed by atoms with Crippen LogP contribution in [0.15, 0.2) is 22.9 Å². The summed E-state index contributed by atoms with van der Waals surface area (Å²) in [5.41, 5.74) is 7.10. The third-order valence-electron chi connectivity index (χ3n) is 1.88. The molecule has 0 amide bonds. The first-order valence-corrected chi connectivity index (χ1v) is 5.25. The lowest BCUT2D eigenvalue weighted by atomic mass is 9.99. The smallest absolute Gasteiger partial charge is 0.0410 e. The molecule has 80 valence electrons. The fraction of sp³-hybridized carbons (Fsp3) is 0.500. The fourth-order valence-corrected chi connectivity index (χ4v) is 1.66. The lowest BCUT2D eigenvalue weighted by Crippen LogP contribution is -2.13. The molecule has 1 aromatic rings. The molecule has 0 saturated heterocycles. The summed E-state index contributed by atoms with van der Waals surface area (Å²) in [4.78, 5) is 4.09. The van der Waals surface area contributed by atoms with Gasteiger partial charge < -0.3 is 5.73 Å². The average molecular weight is 280 g/mol. The quantitative estimate of drug-likeness (QED) is 0.922. The summed E-state index contributed by atoms with van der Waals surface area (Å²) in [5.74, 6) is 0.619. The summed E-state index contributed by atoms with van der Waals surface area (Å²) < 4.78 is 0.990. The van der Waals surface area contributed by atoms with Crippen molar-refractivity contribution in [3.05, 3.63) is 28.5 Å². The zero-order valence-electron chi connectivity index (χ0n) is 8.40. The monoisotopic (exact) mass is 278 g/mol. The number of hydrogen-bond acceptors (Lipinski definition) is 2. The van der Waals surface area contributed by atoms with Crippen LogP contribution in [0.1, 0.15) is 31.9 Å². The van der Waals surface area contributed by atoms with E-state index in [1.807, 2.05) is 12.3 Å². The van der Waals surface area contributed by atoms with Gasteiger partial charge in [0.25, 0.3) is 0 Å². The van der Waals surface area contributed by atoms with Gasteiger partial charge in [0.15, 0.2) is 0 Å². The van der Waals surface area contributed by atoms with Crippen molar-refractivity contribution in [1.29, 1.82) is 0 Å². The Bertz CT molecular complexity index is 279. The number of nitrogens with zero attached hydrogens (tertiary/aromatic N) is 1. The van der Waals surface area contributed by atoms with Gasteiger partial charge in [-0.1, -0.05) is 13.8 Å². The van der Waals surface area contributed by atoms with Gasteiger partial charge >= 0.3 is 0 Å². The Kier molecular flexibility index (Phi) is 6.33. The number of pyridine rings is 1. The highest BCUT2D eigenvalue weighted by Gasteiger charge is 2.08. The molecular weight excluding hydrogens is 263 g/mol. The SMILES string of the molecule is CC(C)C[C@H](N)c1cncc(Br)c1.Cl. The maximum atomic E-state index is 6.00. The standard InChI is InChI=1S/C10H15BrN2.ClH/c1-7(2)3-10(12)8-4-9(11)6-13-5-8;/h4-7,10H,3,12H2,1-2H3;1H/t10-;/m0./s1. The maximum absolute atomic E-state index is 6.00. The molecule has 0 bridgehead atoms. The van der Waals surface area contributed by atoms with Crippen LogP contribution < -0.4 is 5.73 Å². The summed E-state index contributed by atoms with van der Waals surface area (Å²) >= 11 is 3.38. The van der Waals surface area contributed by atoms with Crippen LogP contribution in [-0.4, -0.2) is 4.98 Å². The van der Waals surface area contributed by atoms with E-state index in [2.05, 4.69) is 34.8 Å². The molecule has 0 fully saturated rings. The van der Waals surface area contributed by atoms with Crippen molar-refractivity contribution < 1.29 is 0 Å². The lowest BCUT2D eigenvalue weighted by molar-refractivity contribution is 0.509. The van der Waals surface area contributed by atoms with Gasteiger partial charge in [0.2, 0.25) is 0 Å². The highest BCUT2D eigenvalue weighted by molar-refractivity contribution is 9.10. The van der Waals surface area contributed by atoms with Gasteiger partial charge in [-0.05, 0) is 39.9 Å². The first-order valence-electron chi connectivity index (χ1n) is 4.45. The Hall–Kier alpha value is -0.120. The van der Waals surface area contributed by atoms with Crippen LogP contribution in [0.2, 0.25) is 0 Å². The minimum Gasteiger partial charge on any atom is -0.324 e. The van der Waals surface area contributed by atoms with Crippen LogP contribution in [0.25, 0.3) is 0 Å². The van der Waals surface area contributed by atoms with Crippen molar-refractivity contribution in [2.24, 2.45) is 11.7 Å². The molecule has 14 heavy (non-hydrogen) atoms. The Morgan fingerprint density at radius 2 is 2.07 bits per heavy atom. The van der Waals surface area contributed by atoms with E-state index in [0.717, 1.165) is 16.5 Å². The second-order valence-electron chi connectivity index (χ2n) is 3.67. The highest BCUT2D eigenvalue weighted by Crippen LogP contribution is 2.20. The minimum atomic E-state index is 0. The molecule has 0 unspecified atom stereocenters. The summed E-state index contributed by atoms with van der Waals surface area (Å²) in [6.45, 7) is 4.34. The number of rotatable bonds is 3. The van der Waals surface area contributed by atoms with Gasteiger partial charge in [0.05, 0.1) is 0 Å². The summed E-state index contributed by atoms with van der Waals surface area (Å²) in [6.07, 6.45) is 4.60. The van der Waals surface area contributed by atoms with Crippen LogP contribution >= 0.6 is 28.3 Å². The molecule has 1 heterocycles. The molecule has 0 aliphatic carbocycles. The number of aromatic nitrogens is 1. The summed E-state index contributed by atoms with van der Waals surface area (Å²) in [7, 11) is 0. The van der Waals surface area contributed by atoms with Crippen LogP contribution in [0, 0.1) is 5.92 Å². The zero-order valence-corrected chi connectivity index (χ0v) is 10.8. The van der Waals surface area contributed by atoms with Gasteiger partial charge in [-0.15, -0.1) is 12.4 Å². The van der Waals surface area contributed by atoms with E-state index in [1.54, 1.807) is 6.20 Å². The molecule has 0 radical (unpaired) electrons. The molecule has 0 aliphatic heterocycles. The van der Waals surface area contributed by atoms with Crippen molar-refractivity contribution in [2.45, 2.75) is 26.3 Å². The summed E-state index contributed by atoms with van der Waals surface area (Å²) in [6, 6.07) is 2.13. The van der Waals surface area contributed by atoms with Crippen molar-refractivity contribution in [1.82, 2.24) is 4.98 Å². The van der Waals surface area contributed by atoms with Crippen LogP contribution in [-0.2, 0) is 0 Å². The topological polar surface area (TPSA) is 38.9 Å². The normalized spacial score (nSPS) is 12.4. The predicted octanol–water partition coefficient (Wildman–Crippen LogP) is 3.31. The van der Waals surface area contributed by atoms with Crippen LogP contribution in [0.5, 0.6) is 0 Å². The van der Waals surface area contributed by atoms with Gasteiger partial charge in [-0.2, -0.15) is 0 Å². The Balaban J connectivity index is 0.00000169. The molecule has 0 aromatic carbocycles. The van der Waals surface area contributed by atoms with E-state index in [9.17, 15) is 0 Å². The molecule has 2 nitrogen and oxygen atoms in total. The molecule has 0 aliphatic rings. The Morgan fingerprint density at radius 1 is 1.43 bits per heavy atom. The first kappa shape index (κ1) is 13.9. The van der Waals surface area contributed by atoms with Crippen molar-refractivity contribution in [3.8, 4) is 0 Å². The number of nitrogens with two attached hydrogens (primary N) is 1. The number of hydrogen-bond donors (Lipinski definition) is 1. The number of halogens is 2. The van der Waals surface area contributed by atoms with E-state index >= 15 is 0 Å². The first-order chi connectivity index (χ1) is 6.09. The van der Waals surface area contributed by atoms with E-state index in [1.165, 1.54) is 0 Å². The largest absolute Gasteiger partial charge is 0.324 e. The van der Waals surface area contributed by atoms with E-state index in [-0.39, 0.29) is 18.4 Å². The van der Waals surface area contributed by atoms with Crippen molar-refractivity contribution in [3.63, 3.8) is 0 Å². The van der Waals surface area contributed by atoms with Crippen molar-refractivity contribution in [2.75, 3.05) is 0 Å². The molecule has 0 saturated carbocycles. The van der Waals surface area contributed by atoms with Crippen molar-refractivity contribution >= 4 is 28.3 Å². The molecule has 4 heteroatoms. The van der Waals surface area contributed by atoms with Gasteiger partial charge in [-0.25, -0.2) is 0 Å². The van der Waals surface area contributed by atoms with Crippen LogP contribution in [0.3, 0.4) is 0 Å². The fourth-order valence-electron chi connectivity index (χ4n) is 1.28. The second kappa shape index (κ2) is 6.38. The third kappa shape index (κ3) is 4.40. The molecule has 2 N–H and O–H groups in total. The molecular formula is C10H16BrClN2. The molecule has 0 spiro atoms. The average Bonchev–Trinajstić information content (AvgIpc) is 2.03. The Morgan fingerprint density at radius 3 is 2.57 bits per heavy atom. The summed E-state index contributed by atoms with van der Waals surface area (Å²) in [5, 5.41) is 0. The highest BCUT2D eigenvalue weighted by atomic mass is 79.9. The molecule has 1 rings (SSSR count). The second-order valence-corrected chi connectivity index (χ2v) is 4.59. The maximum Gasteiger partial charge on any atom is 0.0410 e. The van der Waals surface area contributed by atoms with Gasteiger partial charge in [0, 0.05) is 22.9 Å². The lowest BCUT2D eigenvalue weighted by Gasteiger charge is -2.13. The van der Waals surface area contributed by atoms with Crippen LogP contribution in [0.4, 0.5) is 0 Å². The van der Waals surface area contributed by atoms with E-state index in [4.69, 9.17) is 5.73 Å². The Labute approximate surface area is 99.8 Å². The minimum absolute atomic E-state index is 0. The predicted molar refractivity (Wildman–Crippen MR) is 65.6 cm³/mol. The molecule has 1 aromatic heterocycles.